The summed E-state index contributed by atoms with van der Waals surface area (Å²) < 4.78 is 0. The molecule has 100 valence electrons. The third-order valence-electron chi connectivity index (χ3n) is 2.80. The van der Waals surface area contributed by atoms with Gasteiger partial charge < -0.3 is 15.5 Å². The van der Waals surface area contributed by atoms with Crippen LogP contribution in [-0.2, 0) is 9.59 Å². The predicted octanol–water partition coefficient (Wildman–Crippen LogP) is 0.0838. The molecule has 0 unspecified atom stereocenters. The Balaban J connectivity index is 0.00000256. The van der Waals surface area contributed by atoms with Crippen molar-refractivity contribution >= 4 is 24.2 Å². The molecule has 2 N–H and O–H groups in total. The largest absolute Gasteiger partial charge is 0.339 e. The van der Waals surface area contributed by atoms with Crippen LogP contribution in [0.5, 0.6) is 0 Å². The third kappa shape index (κ3) is 4.52. The zero-order valence-electron chi connectivity index (χ0n) is 10.5. The van der Waals surface area contributed by atoms with Crippen molar-refractivity contribution in [2.45, 2.75) is 20.3 Å². The number of carbonyl (C=O) groups excluding carboxylic acids is 2. The summed E-state index contributed by atoms with van der Waals surface area (Å²) in [5, 5.41) is 0. The maximum Gasteiger partial charge on any atom is 0.225 e. The Morgan fingerprint density at radius 2 is 1.59 bits per heavy atom. The van der Waals surface area contributed by atoms with Crippen LogP contribution in [0.25, 0.3) is 0 Å². The summed E-state index contributed by atoms with van der Waals surface area (Å²) >= 11 is 0. The molecule has 0 saturated carbocycles. The standard InChI is InChI=1S/C11H21N3O2.ClH/c1-9(2)11(16)14-7-5-13(6-8-14)10(15)3-4-12;/h9H,3-8,12H2,1-2H3;1H. The van der Waals surface area contributed by atoms with Gasteiger partial charge in [0.1, 0.15) is 0 Å². The second-order valence-electron chi connectivity index (χ2n) is 4.40. The molecule has 0 aliphatic carbocycles. The quantitative estimate of drug-likeness (QED) is 0.785. The first kappa shape index (κ1) is 16.2. The van der Waals surface area contributed by atoms with Gasteiger partial charge in [-0.2, -0.15) is 0 Å². The zero-order valence-corrected chi connectivity index (χ0v) is 11.3. The monoisotopic (exact) mass is 263 g/mol. The van der Waals surface area contributed by atoms with E-state index in [0.29, 0.717) is 39.1 Å². The number of nitrogens with two attached hydrogens (primary N) is 1. The number of piperazine rings is 1. The van der Waals surface area contributed by atoms with Crippen LogP contribution in [0, 0.1) is 5.92 Å². The Labute approximate surface area is 109 Å². The summed E-state index contributed by atoms with van der Waals surface area (Å²) in [6.45, 7) is 6.75. The van der Waals surface area contributed by atoms with E-state index in [2.05, 4.69) is 0 Å². The van der Waals surface area contributed by atoms with E-state index in [9.17, 15) is 9.59 Å². The fraction of sp³-hybridized carbons (Fsp3) is 0.818. The molecule has 0 aromatic carbocycles. The van der Waals surface area contributed by atoms with Crippen LogP contribution in [0.15, 0.2) is 0 Å². The average molecular weight is 264 g/mol. The first-order valence-corrected chi connectivity index (χ1v) is 5.83. The van der Waals surface area contributed by atoms with Gasteiger partial charge in [-0.3, -0.25) is 9.59 Å². The van der Waals surface area contributed by atoms with Crippen LogP contribution in [0.2, 0.25) is 0 Å². The fourth-order valence-corrected chi connectivity index (χ4v) is 1.82. The van der Waals surface area contributed by atoms with Gasteiger partial charge in [-0.05, 0) is 0 Å². The van der Waals surface area contributed by atoms with Gasteiger partial charge in [0.25, 0.3) is 0 Å². The zero-order chi connectivity index (χ0) is 12.1. The minimum atomic E-state index is 0. The Morgan fingerprint density at radius 3 is 2.00 bits per heavy atom. The number of amides is 2. The molecule has 0 radical (unpaired) electrons. The van der Waals surface area contributed by atoms with Crippen molar-refractivity contribution in [1.82, 2.24) is 9.80 Å². The van der Waals surface area contributed by atoms with Gasteiger partial charge in [-0.1, -0.05) is 13.8 Å². The van der Waals surface area contributed by atoms with E-state index in [-0.39, 0.29) is 30.1 Å². The van der Waals surface area contributed by atoms with Crippen LogP contribution in [0.3, 0.4) is 0 Å². The van der Waals surface area contributed by atoms with E-state index >= 15 is 0 Å². The van der Waals surface area contributed by atoms with E-state index in [0.717, 1.165) is 0 Å². The lowest BCUT2D eigenvalue weighted by Gasteiger charge is -2.35. The molecule has 2 amide bonds. The first-order valence-electron chi connectivity index (χ1n) is 5.83. The van der Waals surface area contributed by atoms with Crippen LogP contribution in [0.4, 0.5) is 0 Å². The molecule has 0 atom stereocenters. The number of halogens is 1. The van der Waals surface area contributed by atoms with Crippen molar-refractivity contribution in [3.63, 3.8) is 0 Å². The van der Waals surface area contributed by atoms with Gasteiger partial charge in [-0.15, -0.1) is 12.4 Å². The van der Waals surface area contributed by atoms with Gasteiger partial charge in [0.05, 0.1) is 0 Å². The lowest BCUT2D eigenvalue weighted by molar-refractivity contribution is -0.141. The van der Waals surface area contributed by atoms with E-state index in [1.165, 1.54) is 0 Å². The van der Waals surface area contributed by atoms with E-state index in [1.807, 2.05) is 18.7 Å². The van der Waals surface area contributed by atoms with Gasteiger partial charge >= 0.3 is 0 Å². The molecule has 1 saturated heterocycles. The van der Waals surface area contributed by atoms with Gasteiger partial charge in [0.2, 0.25) is 11.8 Å². The Kier molecular flexibility index (Phi) is 7.15. The van der Waals surface area contributed by atoms with Crippen molar-refractivity contribution in [3.8, 4) is 0 Å². The molecule has 0 spiro atoms. The smallest absolute Gasteiger partial charge is 0.225 e. The van der Waals surface area contributed by atoms with Gasteiger partial charge in [0, 0.05) is 45.1 Å². The van der Waals surface area contributed by atoms with Gasteiger partial charge in [0.15, 0.2) is 0 Å². The summed E-state index contributed by atoms with van der Waals surface area (Å²) in [6.07, 6.45) is 0.401. The third-order valence-corrected chi connectivity index (χ3v) is 2.80. The number of nitrogens with zero attached hydrogens (tertiary/aromatic N) is 2. The molecule has 0 aromatic rings. The molecule has 1 fully saturated rings. The highest BCUT2D eigenvalue weighted by Crippen LogP contribution is 2.07. The lowest BCUT2D eigenvalue weighted by atomic mass is 10.1. The molecule has 1 aliphatic rings. The van der Waals surface area contributed by atoms with Crippen molar-refractivity contribution in [1.29, 1.82) is 0 Å². The van der Waals surface area contributed by atoms with E-state index in [4.69, 9.17) is 5.73 Å². The van der Waals surface area contributed by atoms with Crippen LogP contribution in [-0.4, -0.2) is 54.3 Å². The SMILES string of the molecule is CC(C)C(=O)N1CCN(C(=O)CCN)CC1.Cl. The van der Waals surface area contributed by atoms with Crippen molar-refractivity contribution in [3.05, 3.63) is 0 Å². The number of hydrogen-bond donors (Lipinski definition) is 1. The summed E-state index contributed by atoms with van der Waals surface area (Å²) in [4.78, 5) is 26.9. The van der Waals surface area contributed by atoms with E-state index < -0.39 is 0 Å². The molecule has 17 heavy (non-hydrogen) atoms. The van der Waals surface area contributed by atoms with Crippen molar-refractivity contribution < 1.29 is 9.59 Å². The lowest BCUT2D eigenvalue weighted by Crippen LogP contribution is -2.51. The molecule has 0 aromatic heterocycles. The van der Waals surface area contributed by atoms with Crippen LogP contribution in [0.1, 0.15) is 20.3 Å². The molecule has 5 nitrogen and oxygen atoms in total. The Hall–Kier alpha value is -0.810. The number of carbonyl (C=O) groups is 2. The highest BCUT2D eigenvalue weighted by atomic mass is 35.5. The molecule has 6 heteroatoms. The predicted molar refractivity (Wildman–Crippen MR) is 68.9 cm³/mol. The maximum absolute atomic E-state index is 11.7. The summed E-state index contributed by atoms with van der Waals surface area (Å²) in [5.74, 6) is 0.302. The molecule has 1 rings (SSSR count). The van der Waals surface area contributed by atoms with E-state index in [1.54, 1.807) is 4.90 Å². The summed E-state index contributed by atoms with van der Waals surface area (Å²) in [7, 11) is 0. The Bertz CT molecular complexity index is 263. The second kappa shape index (κ2) is 7.50. The summed E-state index contributed by atoms with van der Waals surface area (Å²) in [6, 6.07) is 0. The van der Waals surface area contributed by atoms with Gasteiger partial charge in [-0.25, -0.2) is 0 Å². The average Bonchev–Trinajstić information content (AvgIpc) is 2.28. The maximum atomic E-state index is 11.7. The van der Waals surface area contributed by atoms with Crippen molar-refractivity contribution in [2.24, 2.45) is 11.7 Å². The molecular weight excluding hydrogens is 242 g/mol. The molecular formula is C11H22ClN3O2. The molecule has 1 heterocycles. The molecule has 1 aliphatic heterocycles. The first-order chi connectivity index (χ1) is 7.56. The normalized spacial score (nSPS) is 15.8. The fourth-order valence-electron chi connectivity index (χ4n) is 1.82. The second-order valence-corrected chi connectivity index (χ2v) is 4.40. The molecule has 0 bridgehead atoms. The minimum absolute atomic E-state index is 0. The topological polar surface area (TPSA) is 66.6 Å². The highest BCUT2D eigenvalue weighted by molar-refractivity contribution is 5.85. The van der Waals surface area contributed by atoms with Crippen LogP contribution < -0.4 is 5.73 Å². The Morgan fingerprint density at radius 1 is 1.12 bits per heavy atom. The van der Waals surface area contributed by atoms with Crippen LogP contribution >= 0.6 is 12.4 Å². The highest BCUT2D eigenvalue weighted by Gasteiger charge is 2.24. The number of hydrogen-bond acceptors (Lipinski definition) is 3. The summed E-state index contributed by atoms with van der Waals surface area (Å²) in [5.41, 5.74) is 5.34. The van der Waals surface area contributed by atoms with Crippen molar-refractivity contribution in [2.75, 3.05) is 32.7 Å². The minimum Gasteiger partial charge on any atom is -0.339 e. The number of rotatable bonds is 3.